The molecule has 0 aromatic heterocycles. The second-order valence-corrected chi connectivity index (χ2v) is 4.73. The van der Waals surface area contributed by atoms with Gasteiger partial charge in [0.1, 0.15) is 0 Å². The highest BCUT2D eigenvalue weighted by atomic mass is 127. The molecule has 0 bridgehead atoms. The van der Waals surface area contributed by atoms with Crippen molar-refractivity contribution in [1.29, 1.82) is 0 Å². The van der Waals surface area contributed by atoms with Gasteiger partial charge in [-0.2, -0.15) is 0 Å². The topological polar surface area (TPSA) is 6.48 Å². The lowest BCUT2D eigenvalue weighted by atomic mass is 10.1. The number of likely N-dealkylation sites (N-methyl/N-ethyl adjacent to an activating group) is 1. The molecule has 1 heterocycles. The zero-order valence-corrected chi connectivity index (χ0v) is 14.0. The fraction of sp³-hybridized carbons (Fsp3) is 0.250. The predicted molar refractivity (Wildman–Crippen MR) is 95.0 cm³/mol. The third kappa shape index (κ3) is 4.42. The van der Waals surface area contributed by atoms with Crippen LogP contribution in [0, 0.1) is 0 Å². The fourth-order valence-corrected chi connectivity index (χ4v) is 1.89. The van der Waals surface area contributed by atoms with Crippen LogP contribution in [0.1, 0.15) is 5.56 Å². The third-order valence-corrected chi connectivity index (χ3v) is 3.11. The highest BCUT2D eigenvalue weighted by Crippen LogP contribution is 2.14. The maximum Gasteiger partial charge on any atom is 0.0654 e. The Hall–Kier alpha value is -1.23. The second kappa shape index (κ2) is 7.38. The number of halogens is 1. The summed E-state index contributed by atoms with van der Waals surface area (Å²) in [5.41, 5.74) is 2.46. The van der Waals surface area contributed by atoms with Crippen molar-refractivity contribution in [1.82, 2.24) is 4.90 Å². The highest BCUT2D eigenvalue weighted by molar-refractivity contribution is 14.0. The first kappa shape index (κ1) is 15.8. The van der Waals surface area contributed by atoms with Gasteiger partial charge in [0.2, 0.25) is 0 Å². The van der Waals surface area contributed by atoms with E-state index in [0.29, 0.717) is 6.04 Å². The van der Waals surface area contributed by atoms with E-state index in [0.717, 1.165) is 0 Å². The summed E-state index contributed by atoms with van der Waals surface area (Å²) in [5.74, 6) is 0. The molecular weight excluding hydrogens is 347 g/mol. The van der Waals surface area contributed by atoms with E-state index in [1.165, 1.54) is 11.3 Å². The van der Waals surface area contributed by atoms with Crippen molar-refractivity contribution in [3.8, 4) is 0 Å². The molecule has 2 rings (SSSR count). The Morgan fingerprint density at radius 3 is 2.37 bits per heavy atom. The first-order valence-electron chi connectivity index (χ1n) is 6.19. The molecule has 0 aliphatic carbocycles. The summed E-state index contributed by atoms with van der Waals surface area (Å²) in [6, 6.07) is 8.92. The Morgan fingerprint density at radius 2 is 1.79 bits per heavy atom. The second-order valence-electron chi connectivity index (χ2n) is 4.73. The Bertz CT molecular complexity index is 472. The van der Waals surface area contributed by atoms with E-state index in [1.807, 2.05) is 0 Å². The molecule has 102 valence electrons. The van der Waals surface area contributed by atoms with Gasteiger partial charge in [0.15, 0.2) is 0 Å². The van der Waals surface area contributed by atoms with Crippen LogP contribution in [0.3, 0.4) is 0 Å². The molecule has 1 aromatic rings. The summed E-state index contributed by atoms with van der Waals surface area (Å²) in [7, 11) is 6.20. The molecule has 0 saturated heterocycles. The van der Waals surface area contributed by atoms with Crippen molar-refractivity contribution >= 4 is 35.7 Å². The van der Waals surface area contributed by atoms with Crippen LogP contribution in [-0.4, -0.2) is 32.1 Å². The zero-order chi connectivity index (χ0) is 13.0. The molecule has 0 spiro atoms. The van der Waals surface area contributed by atoms with Crippen molar-refractivity contribution < 1.29 is 0 Å². The largest absolute Gasteiger partial charge is 0.378 e. The summed E-state index contributed by atoms with van der Waals surface area (Å²) in [4.78, 5) is 4.29. The molecule has 0 radical (unpaired) electrons. The molecule has 2 nitrogen and oxygen atoms in total. The summed E-state index contributed by atoms with van der Waals surface area (Å²) in [6.45, 7) is 0. The average molecular weight is 368 g/mol. The van der Waals surface area contributed by atoms with E-state index in [9.17, 15) is 0 Å². The zero-order valence-electron chi connectivity index (χ0n) is 11.7. The lowest BCUT2D eigenvalue weighted by Crippen LogP contribution is -2.24. The molecule has 1 aromatic carbocycles. The fourth-order valence-electron chi connectivity index (χ4n) is 1.89. The van der Waals surface area contributed by atoms with E-state index in [4.69, 9.17) is 0 Å². The molecule has 0 saturated carbocycles. The van der Waals surface area contributed by atoms with E-state index in [1.54, 1.807) is 0 Å². The van der Waals surface area contributed by atoms with Gasteiger partial charge in [0, 0.05) is 26.8 Å². The average Bonchev–Trinajstić information content (AvgIpc) is 2.38. The van der Waals surface area contributed by atoms with Crippen LogP contribution in [0.25, 0.3) is 6.08 Å². The van der Waals surface area contributed by atoms with Gasteiger partial charge in [-0.05, 0) is 30.0 Å². The van der Waals surface area contributed by atoms with Crippen LogP contribution in [-0.2, 0) is 0 Å². The van der Waals surface area contributed by atoms with Crippen LogP contribution in [0.4, 0.5) is 5.69 Å². The summed E-state index contributed by atoms with van der Waals surface area (Å²) >= 11 is 0. The molecule has 3 heteroatoms. The molecule has 1 aliphatic rings. The van der Waals surface area contributed by atoms with Gasteiger partial charge in [-0.15, -0.1) is 24.0 Å². The minimum absolute atomic E-state index is 0. The maximum absolute atomic E-state index is 2.21. The summed E-state index contributed by atoms with van der Waals surface area (Å²) < 4.78 is 0. The predicted octanol–water partition coefficient (Wildman–Crippen LogP) is 3.77. The smallest absolute Gasteiger partial charge is 0.0654 e. The maximum atomic E-state index is 2.21. The van der Waals surface area contributed by atoms with Crippen molar-refractivity contribution in [2.45, 2.75) is 6.04 Å². The summed E-state index contributed by atoms with van der Waals surface area (Å²) in [5, 5.41) is 0. The Kier molecular flexibility index (Phi) is 6.15. The molecule has 1 unspecified atom stereocenters. The quantitative estimate of drug-likeness (QED) is 0.750. The summed E-state index contributed by atoms with van der Waals surface area (Å²) in [6.07, 6.45) is 12.8. The molecule has 0 fully saturated rings. The normalized spacial score (nSPS) is 17.6. The van der Waals surface area contributed by atoms with Gasteiger partial charge >= 0.3 is 0 Å². The number of allylic oxidation sites excluding steroid dienone is 2. The van der Waals surface area contributed by atoms with Crippen molar-refractivity contribution in [3.05, 3.63) is 60.3 Å². The lowest BCUT2D eigenvalue weighted by molar-refractivity contribution is 0.434. The van der Waals surface area contributed by atoms with Gasteiger partial charge in [-0.3, -0.25) is 0 Å². The van der Waals surface area contributed by atoms with Gasteiger partial charge in [0.05, 0.1) is 6.04 Å². The minimum atomic E-state index is 0. The number of rotatable bonds is 3. The molecule has 1 aliphatic heterocycles. The number of hydrogen-bond acceptors (Lipinski definition) is 2. The SMILES string of the molecule is CN(C)c1ccc(C=CC2C=CC=CN2C)cc1.I. The molecule has 1 atom stereocenters. The van der Waals surface area contributed by atoms with Gasteiger partial charge in [-0.25, -0.2) is 0 Å². The van der Waals surface area contributed by atoms with Crippen LogP contribution in [0.15, 0.2) is 54.8 Å². The van der Waals surface area contributed by atoms with E-state index >= 15 is 0 Å². The monoisotopic (exact) mass is 368 g/mol. The Balaban J connectivity index is 0.00000180. The van der Waals surface area contributed by atoms with Crippen molar-refractivity contribution in [2.75, 3.05) is 26.0 Å². The third-order valence-electron chi connectivity index (χ3n) is 3.11. The van der Waals surface area contributed by atoms with Crippen LogP contribution in [0.2, 0.25) is 0 Å². The minimum Gasteiger partial charge on any atom is -0.378 e. The van der Waals surface area contributed by atoms with Crippen molar-refractivity contribution in [3.63, 3.8) is 0 Å². The highest BCUT2D eigenvalue weighted by Gasteiger charge is 2.05. The van der Waals surface area contributed by atoms with Gasteiger partial charge in [-0.1, -0.05) is 36.4 Å². The Morgan fingerprint density at radius 1 is 1.11 bits per heavy atom. The van der Waals surface area contributed by atoms with Gasteiger partial charge in [0.25, 0.3) is 0 Å². The molecule has 0 amide bonds. The Labute approximate surface area is 133 Å². The number of anilines is 1. The van der Waals surface area contributed by atoms with E-state index < -0.39 is 0 Å². The number of benzene rings is 1. The molecule has 0 N–H and O–H groups in total. The standard InChI is InChI=1S/C16H20N2.HI/c1-17(2)15-10-7-14(8-11-15)9-12-16-6-4-5-13-18(16)3;/h4-13,16H,1-3H3;1H. The van der Waals surface area contributed by atoms with Crippen LogP contribution in [0.5, 0.6) is 0 Å². The number of nitrogens with zero attached hydrogens (tertiary/aromatic N) is 2. The first-order valence-corrected chi connectivity index (χ1v) is 6.19. The van der Waals surface area contributed by atoms with Crippen molar-refractivity contribution in [2.24, 2.45) is 0 Å². The molecular formula is C16H21IN2. The van der Waals surface area contributed by atoms with E-state index in [2.05, 4.69) is 91.8 Å². The number of hydrogen-bond donors (Lipinski definition) is 0. The van der Waals surface area contributed by atoms with Crippen LogP contribution < -0.4 is 4.90 Å². The van der Waals surface area contributed by atoms with Crippen LogP contribution >= 0.6 is 24.0 Å². The van der Waals surface area contributed by atoms with Gasteiger partial charge < -0.3 is 9.80 Å². The first-order chi connectivity index (χ1) is 8.66. The van der Waals surface area contributed by atoms with E-state index in [-0.39, 0.29) is 24.0 Å². The lowest BCUT2D eigenvalue weighted by Gasteiger charge is -2.23. The molecule has 19 heavy (non-hydrogen) atoms.